The van der Waals surface area contributed by atoms with E-state index in [0.29, 0.717) is 16.3 Å². The average Bonchev–Trinajstić information content (AvgIpc) is 3.17. The largest absolute Gasteiger partial charge is 0.497 e. The van der Waals surface area contributed by atoms with Crippen molar-refractivity contribution >= 4 is 17.3 Å². The van der Waals surface area contributed by atoms with E-state index in [1.165, 1.54) is 23.9 Å². The van der Waals surface area contributed by atoms with Gasteiger partial charge in [-0.15, -0.1) is 0 Å². The Morgan fingerprint density at radius 1 is 1.07 bits per heavy atom. The minimum atomic E-state index is -4.35. The van der Waals surface area contributed by atoms with Crippen LogP contribution in [0.4, 0.5) is 13.2 Å². The van der Waals surface area contributed by atoms with Gasteiger partial charge in [0.25, 0.3) is 0 Å². The van der Waals surface area contributed by atoms with Crippen LogP contribution in [-0.4, -0.2) is 21.7 Å². The van der Waals surface area contributed by atoms with Crippen LogP contribution in [0, 0.1) is 0 Å². The van der Waals surface area contributed by atoms with Crippen LogP contribution in [0.2, 0.25) is 0 Å². The van der Waals surface area contributed by atoms with Crippen LogP contribution >= 0.6 is 11.8 Å². The van der Waals surface area contributed by atoms with Crippen LogP contribution in [0.25, 0.3) is 16.8 Å². The second kappa shape index (κ2) is 7.79. The maximum Gasteiger partial charge on any atom is 0.416 e. The number of fused-ring (bicyclic) bond motifs is 1. The highest BCUT2D eigenvalue weighted by molar-refractivity contribution is 7.98. The monoisotopic (exact) mass is 415 g/mol. The number of ether oxygens (including phenoxy) is 1. The summed E-state index contributed by atoms with van der Waals surface area (Å²) >= 11 is 1.38. The molecular formula is C21H16F3N3OS. The van der Waals surface area contributed by atoms with E-state index in [4.69, 9.17) is 4.74 Å². The third-order valence-corrected chi connectivity index (χ3v) is 5.44. The summed E-state index contributed by atoms with van der Waals surface area (Å²) in [6, 6.07) is 14.8. The highest BCUT2D eigenvalue weighted by atomic mass is 32.2. The van der Waals surface area contributed by atoms with Crippen molar-refractivity contribution in [3.8, 4) is 17.0 Å². The van der Waals surface area contributed by atoms with Gasteiger partial charge in [0.2, 0.25) is 0 Å². The number of alkyl halides is 3. The summed E-state index contributed by atoms with van der Waals surface area (Å²) in [7, 11) is 1.61. The molecular weight excluding hydrogens is 399 g/mol. The molecule has 0 aliphatic heterocycles. The van der Waals surface area contributed by atoms with Gasteiger partial charge in [-0.1, -0.05) is 30.0 Å². The summed E-state index contributed by atoms with van der Waals surface area (Å²) < 4.78 is 45.6. The van der Waals surface area contributed by atoms with Gasteiger partial charge < -0.3 is 4.74 Å². The molecule has 148 valence electrons. The Bertz CT molecular complexity index is 1140. The molecule has 0 amide bonds. The highest BCUT2D eigenvalue weighted by Crippen LogP contribution is 2.32. The molecule has 0 radical (unpaired) electrons. The van der Waals surface area contributed by atoms with Gasteiger partial charge >= 0.3 is 6.18 Å². The number of nitrogens with zero attached hydrogens (tertiary/aromatic N) is 3. The first-order chi connectivity index (χ1) is 13.9. The molecule has 2 heterocycles. The second-order valence-corrected chi connectivity index (χ2v) is 7.27. The summed E-state index contributed by atoms with van der Waals surface area (Å²) in [5.74, 6) is 1.14. The van der Waals surface area contributed by atoms with Gasteiger partial charge in [-0.25, -0.2) is 9.50 Å². The fourth-order valence-electron chi connectivity index (χ4n) is 2.90. The maximum absolute atomic E-state index is 12.9. The standard InChI is InChI=1S/C21H16F3N3OS/c1-28-17-7-5-15(6-8-17)18-12-19-20(25-9-10-27(19)26-18)29-13-14-3-2-4-16(11-14)21(22,23)24/h2-12H,13H2,1H3. The quantitative estimate of drug-likeness (QED) is 0.391. The number of benzene rings is 2. The first-order valence-corrected chi connectivity index (χ1v) is 9.70. The Labute approximate surface area is 169 Å². The van der Waals surface area contributed by atoms with Crippen LogP contribution in [0.5, 0.6) is 5.75 Å². The van der Waals surface area contributed by atoms with Gasteiger partial charge in [-0.05, 0) is 42.0 Å². The zero-order valence-corrected chi connectivity index (χ0v) is 16.2. The molecule has 4 aromatic rings. The molecule has 0 saturated heterocycles. The van der Waals surface area contributed by atoms with Crippen molar-refractivity contribution < 1.29 is 17.9 Å². The lowest BCUT2D eigenvalue weighted by Gasteiger charge is -2.08. The molecule has 0 unspecified atom stereocenters. The molecule has 0 saturated carbocycles. The summed E-state index contributed by atoms with van der Waals surface area (Å²) in [4.78, 5) is 4.39. The van der Waals surface area contributed by atoms with Crippen molar-refractivity contribution in [1.29, 1.82) is 0 Å². The molecule has 4 rings (SSSR count). The molecule has 4 nitrogen and oxygen atoms in total. The third kappa shape index (κ3) is 4.22. The van der Waals surface area contributed by atoms with Crippen molar-refractivity contribution in [3.05, 3.63) is 78.1 Å². The average molecular weight is 415 g/mol. The lowest BCUT2D eigenvalue weighted by molar-refractivity contribution is -0.137. The topological polar surface area (TPSA) is 39.4 Å². The van der Waals surface area contributed by atoms with E-state index in [1.807, 2.05) is 30.3 Å². The zero-order chi connectivity index (χ0) is 20.4. The zero-order valence-electron chi connectivity index (χ0n) is 15.3. The van der Waals surface area contributed by atoms with Crippen molar-refractivity contribution in [2.24, 2.45) is 0 Å². The minimum absolute atomic E-state index is 0.375. The molecule has 2 aromatic carbocycles. The molecule has 2 aromatic heterocycles. The van der Waals surface area contributed by atoms with Gasteiger partial charge in [-0.3, -0.25) is 0 Å². The number of halogens is 3. The normalized spacial score (nSPS) is 11.7. The summed E-state index contributed by atoms with van der Waals surface area (Å²) in [6.45, 7) is 0. The summed E-state index contributed by atoms with van der Waals surface area (Å²) in [5, 5.41) is 5.28. The van der Waals surface area contributed by atoms with Crippen LogP contribution in [0.3, 0.4) is 0 Å². The third-order valence-electron chi connectivity index (χ3n) is 4.37. The number of hydrogen-bond donors (Lipinski definition) is 0. The van der Waals surface area contributed by atoms with E-state index >= 15 is 0 Å². The van der Waals surface area contributed by atoms with Gasteiger partial charge in [0.15, 0.2) is 0 Å². The Kier molecular flexibility index (Phi) is 5.19. The van der Waals surface area contributed by atoms with Gasteiger partial charge in [0.1, 0.15) is 10.8 Å². The number of methoxy groups -OCH3 is 1. The molecule has 0 N–H and O–H groups in total. The Morgan fingerprint density at radius 3 is 2.59 bits per heavy atom. The number of rotatable bonds is 5. The maximum atomic E-state index is 12.9. The minimum Gasteiger partial charge on any atom is -0.497 e. The Morgan fingerprint density at radius 2 is 1.86 bits per heavy atom. The molecule has 29 heavy (non-hydrogen) atoms. The predicted octanol–water partition coefficient (Wildman–Crippen LogP) is 5.72. The van der Waals surface area contributed by atoms with Crippen LogP contribution in [-0.2, 0) is 11.9 Å². The smallest absolute Gasteiger partial charge is 0.416 e. The van der Waals surface area contributed by atoms with Crippen molar-refractivity contribution in [1.82, 2.24) is 14.6 Å². The van der Waals surface area contributed by atoms with Crippen molar-refractivity contribution in [3.63, 3.8) is 0 Å². The molecule has 0 bridgehead atoms. The molecule has 0 spiro atoms. The number of hydrogen-bond acceptors (Lipinski definition) is 4. The van der Waals surface area contributed by atoms with Crippen LogP contribution in [0.15, 0.2) is 72.0 Å². The molecule has 8 heteroatoms. The van der Waals surface area contributed by atoms with Gasteiger partial charge in [0.05, 0.1) is 23.9 Å². The van der Waals surface area contributed by atoms with E-state index in [1.54, 1.807) is 30.1 Å². The first-order valence-electron chi connectivity index (χ1n) is 8.72. The fraction of sp³-hybridized carbons (Fsp3) is 0.143. The van der Waals surface area contributed by atoms with E-state index in [-0.39, 0.29) is 0 Å². The SMILES string of the molecule is COc1ccc(-c2cc3c(SCc4cccc(C(F)(F)F)c4)nccn3n2)cc1. The predicted molar refractivity (Wildman–Crippen MR) is 106 cm³/mol. The van der Waals surface area contributed by atoms with Crippen LogP contribution < -0.4 is 4.74 Å². The van der Waals surface area contributed by atoms with Gasteiger partial charge in [-0.2, -0.15) is 18.3 Å². The molecule has 0 aliphatic rings. The highest BCUT2D eigenvalue weighted by Gasteiger charge is 2.30. The Hall–Kier alpha value is -3.00. The molecule has 0 fully saturated rings. The van der Waals surface area contributed by atoms with E-state index < -0.39 is 11.7 Å². The second-order valence-electron chi connectivity index (χ2n) is 6.31. The van der Waals surface area contributed by atoms with Gasteiger partial charge in [0, 0.05) is 23.7 Å². The number of thioether (sulfide) groups is 1. The van der Waals surface area contributed by atoms with Crippen molar-refractivity contribution in [2.45, 2.75) is 17.0 Å². The first kappa shape index (κ1) is 19.3. The van der Waals surface area contributed by atoms with E-state index in [0.717, 1.165) is 28.6 Å². The van der Waals surface area contributed by atoms with E-state index in [2.05, 4.69) is 10.1 Å². The van der Waals surface area contributed by atoms with E-state index in [9.17, 15) is 13.2 Å². The lowest BCUT2D eigenvalue weighted by atomic mass is 10.1. The fourth-order valence-corrected chi connectivity index (χ4v) is 3.82. The molecule has 0 aliphatic carbocycles. The number of aromatic nitrogens is 3. The lowest BCUT2D eigenvalue weighted by Crippen LogP contribution is -2.04. The molecule has 0 atom stereocenters. The van der Waals surface area contributed by atoms with Crippen molar-refractivity contribution in [2.75, 3.05) is 7.11 Å². The van der Waals surface area contributed by atoms with Crippen LogP contribution in [0.1, 0.15) is 11.1 Å². The summed E-state index contributed by atoms with van der Waals surface area (Å²) in [6.07, 6.45) is -0.972. The Balaban J connectivity index is 1.59. The summed E-state index contributed by atoms with van der Waals surface area (Å²) in [5.41, 5.74) is 2.46.